The lowest BCUT2D eigenvalue weighted by molar-refractivity contribution is 0.0939. The molecule has 0 aliphatic heterocycles. The number of nitrogens with one attached hydrogen (secondary N) is 1. The van der Waals surface area contributed by atoms with Gasteiger partial charge in [0.15, 0.2) is 0 Å². The molecule has 1 aliphatic carbocycles. The van der Waals surface area contributed by atoms with E-state index in [0.717, 1.165) is 23.3 Å². The fourth-order valence-corrected chi connectivity index (χ4v) is 3.53. The molecule has 1 amide bonds. The van der Waals surface area contributed by atoms with Gasteiger partial charge < -0.3 is 15.6 Å². The van der Waals surface area contributed by atoms with E-state index in [2.05, 4.69) is 10.5 Å². The minimum Gasteiger partial charge on any atom is -0.367 e. The highest BCUT2D eigenvalue weighted by atomic mass is 32.1. The largest absolute Gasteiger partial charge is 0.367 e. The SMILES string of the molecule is Cc1ccsc1-c1noc(N)c1C(=O)NC1CCCC1. The third-order valence-electron chi connectivity index (χ3n) is 3.71. The van der Waals surface area contributed by atoms with Crippen LogP contribution in [0.5, 0.6) is 0 Å². The molecule has 5 nitrogen and oxygen atoms in total. The van der Waals surface area contributed by atoms with Crippen LogP contribution in [0.4, 0.5) is 5.88 Å². The van der Waals surface area contributed by atoms with E-state index in [-0.39, 0.29) is 17.8 Å². The molecule has 3 rings (SSSR count). The molecule has 0 radical (unpaired) electrons. The number of nitrogens with two attached hydrogens (primary N) is 1. The van der Waals surface area contributed by atoms with Crippen molar-refractivity contribution in [3.63, 3.8) is 0 Å². The Kier molecular flexibility index (Phi) is 3.48. The number of carbonyl (C=O) groups is 1. The van der Waals surface area contributed by atoms with Gasteiger partial charge in [-0.1, -0.05) is 18.0 Å². The number of carbonyl (C=O) groups excluding carboxylic acids is 1. The van der Waals surface area contributed by atoms with Crippen LogP contribution in [0.3, 0.4) is 0 Å². The van der Waals surface area contributed by atoms with E-state index in [0.29, 0.717) is 11.3 Å². The molecule has 0 aromatic carbocycles. The molecule has 2 aromatic heterocycles. The Hall–Kier alpha value is -1.82. The number of thiophene rings is 1. The van der Waals surface area contributed by atoms with Crippen LogP contribution in [0, 0.1) is 6.92 Å². The third kappa shape index (κ3) is 2.31. The molecule has 0 spiro atoms. The summed E-state index contributed by atoms with van der Waals surface area (Å²) < 4.78 is 5.03. The standard InChI is InChI=1S/C14H17N3O2S/c1-8-6-7-20-12(8)11-10(13(15)19-17-11)14(18)16-9-4-2-3-5-9/h6-7,9H,2-5,15H2,1H3,(H,16,18). The number of rotatable bonds is 3. The molecular weight excluding hydrogens is 274 g/mol. The van der Waals surface area contributed by atoms with Gasteiger partial charge in [-0.15, -0.1) is 11.3 Å². The lowest BCUT2D eigenvalue weighted by atomic mass is 10.1. The van der Waals surface area contributed by atoms with Gasteiger partial charge in [0.25, 0.3) is 5.91 Å². The quantitative estimate of drug-likeness (QED) is 0.911. The molecule has 6 heteroatoms. The minimum absolute atomic E-state index is 0.0864. The molecule has 0 bridgehead atoms. The van der Waals surface area contributed by atoms with Gasteiger partial charge in [0.2, 0.25) is 5.88 Å². The highest BCUT2D eigenvalue weighted by Crippen LogP contribution is 2.33. The summed E-state index contributed by atoms with van der Waals surface area (Å²) in [7, 11) is 0. The van der Waals surface area contributed by atoms with Crippen LogP contribution < -0.4 is 11.1 Å². The van der Waals surface area contributed by atoms with Gasteiger partial charge in [-0.05, 0) is 36.8 Å². The van der Waals surface area contributed by atoms with Crippen LogP contribution in [0.1, 0.15) is 41.6 Å². The van der Waals surface area contributed by atoms with E-state index in [1.165, 1.54) is 24.2 Å². The molecule has 2 heterocycles. The lowest BCUT2D eigenvalue weighted by Crippen LogP contribution is -2.33. The molecule has 20 heavy (non-hydrogen) atoms. The topological polar surface area (TPSA) is 81.2 Å². The van der Waals surface area contributed by atoms with Gasteiger partial charge in [-0.3, -0.25) is 4.79 Å². The van der Waals surface area contributed by atoms with E-state index < -0.39 is 0 Å². The van der Waals surface area contributed by atoms with Crippen molar-refractivity contribution in [3.8, 4) is 10.6 Å². The summed E-state index contributed by atoms with van der Waals surface area (Å²) in [5, 5.41) is 8.96. The fraction of sp³-hybridized carbons (Fsp3) is 0.429. The van der Waals surface area contributed by atoms with Crippen LogP contribution in [-0.2, 0) is 0 Å². The molecule has 2 aromatic rings. The number of amides is 1. The summed E-state index contributed by atoms with van der Waals surface area (Å²) in [4.78, 5) is 13.4. The second-order valence-electron chi connectivity index (χ2n) is 5.16. The number of anilines is 1. The minimum atomic E-state index is -0.182. The van der Waals surface area contributed by atoms with Crippen molar-refractivity contribution < 1.29 is 9.32 Å². The van der Waals surface area contributed by atoms with Crippen LogP contribution in [0.2, 0.25) is 0 Å². The molecule has 1 saturated carbocycles. The average Bonchev–Trinajstić information content (AvgIpc) is 3.11. The van der Waals surface area contributed by atoms with Gasteiger partial charge >= 0.3 is 0 Å². The lowest BCUT2D eigenvalue weighted by Gasteiger charge is -2.11. The Morgan fingerprint density at radius 2 is 2.25 bits per heavy atom. The first-order chi connectivity index (χ1) is 9.66. The first-order valence-corrected chi connectivity index (χ1v) is 7.65. The number of nitrogen functional groups attached to an aromatic ring is 1. The molecular formula is C14H17N3O2S. The van der Waals surface area contributed by atoms with Crippen LogP contribution >= 0.6 is 11.3 Å². The Labute approximate surface area is 121 Å². The van der Waals surface area contributed by atoms with Crippen molar-refractivity contribution in [2.45, 2.75) is 38.6 Å². The summed E-state index contributed by atoms with van der Waals surface area (Å²) >= 11 is 1.53. The normalized spacial score (nSPS) is 15.7. The van der Waals surface area contributed by atoms with Crippen molar-refractivity contribution in [1.82, 2.24) is 10.5 Å². The zero-order valence-electron chi connectivity index (χ0n) is 11.3. The maximum atomic E-state index is 12.4. The van der Waals surface area contributed by atoms with Gasteiger partial charge in [0.05, 0.1) is 4.88 Å². The second-order valence-corrected chi connectivity index (χ2v) is 6.07. The Balaban J connectivity index is 1.91. The molecule has 0 atom stereocenters. The fourth-order valence-electron chi connectivity index (χ4n) is 2.62. The summed E-state index contributed by atoms with van der Waals surface area (Å²) in [6.07, 6.45) is 4.40. The van der Waals surface area contributed by atoms with Gasteiger partial charge in [-0.25, -0.2) is 0 Å². The summed E-state index contributed by atoms with van der Waals surface area (Å²) in [6, 6.07) is 2.23. The van der Waals surface area contributed by atoms with Gasteiger partial charge in [-0.2, -0.15) is 0 Å². The van der Waals surface area contributed by atoms with E-state index in [4.69, 9.17) is 10.3 Å². The number of hydrogen-bond acceptors (Lipinski definition) is 5. The van der Waals surface area contributed by atoms with Crippen LogP contribution in [0.15, 0.2) is 16.0 Å². The third-order valence-corrected chi connectivity index (χ3v) is 4.74. The van der Waals surface area contributed by atoms with Crippen LogP contribution in [-0.4, -0.2) is 17.1 Å². The zero-order chi connectivity index (χ0) is 14.1. The first kappa shape index (κ1) is 13.2. The molecule has 1 fully saturated rings. The smallest absolute Gasteiger partial charge is 0.259 e. The molecule has 106 valence electrons. The molecule has 3 N–H and O–H groups in total. The monoisotopic (exact) mass is 291 g/mol. The summed E-state index contributed by atoms with van der Waals surface area (Å²) in [6.45, 7) is 1.98. The first-order valence-electron chi connectivity index (χ1n) is 6.77. The number of aryl methyl sites for hydroxylation is 1. The average molecular weight is 291 g/mol. The number of nitrogens with zero attached hydrogens (tertiary/aromatic N) is 1. The molecule has 0 saturated heterocycles. The summed E-state index contributed by atoms with van der Waals surface area (Å²) in [5.41, 5.74) is 7.77. The van der Waals surface area contributed by atoms with Crippen molar-refractivity contribution in [2.75, 3.05) is 5.73 Å². The van der Waals surface area contributed by atoms with Gasteiger partial charge in [0.1, 0.15) is 11.3 Å². The van der Waals surface area contributed by atoms with Crippen molar-refractivity contribution in [2.24, 2.45) is 0 Å². The summed E-state index contributed by atoms with van der Waals surface area (Å²) in [5.74, 6) is -0.0956. The number of aromatic nitrogens is 1. The van der Waals surface area contributed by atoms with E-state index in [1.807, 2.05) is 18.4 Å². The Morgan fingerprint density at radius 1 is 1.50 bits per heavy atom. The van der Waals surface area contributed by atoms with E-state index >= 15 is 0 Å². The van der Waals surface area contributed by atoms with Crippen LogP contribution in [0.25, 0.3) is 10.6 Å². The van der Waals surface area contributed by atoms with E-state index in [9.17, 15) is 4.79 Å². The van der Waals surface area contributed by atoms with Crippen molar-refractivity contribution in [1.29, 1.82) is 0 Å². The van der Waals surface area contributed by atoms with Crippen molar-refractivity contribution in [3.05, 3.63) is 22.6 Å². The second kappa shape index (κ2) is 5.28. The van der Waals surface area contributed by atoms with Crippen molar-refractivity contribution >= 4 is 23.1 Å². The maximum absolute atomic E-state index is 12.4. The molecule has 0 unspecified atom stereocenters. The Morgan fingerprint density at radius 3 is 2.90 bits per heavy atom. The van der Waals surface area contributed by atoms with Gasteiger partial charge in [0, 0.05) is 6.04 Å². The van der Waals surface area contributed by atoms with E-state index in [1.54, 1.807) is 0 Å². The predicted octanol–water partition coefficient (Wildman–Crippen LogP) is 2.97. The Bertz CT molecular complexity index is 626. The molecule has 1 aliphatic rings. The predicted molar refractivity (Wildman–Crippen MR) is 78.7 cm³/mol. The number of hydrogen-bond donors (Lipinski definition) is 2. The zero-order valence-corrected chi connectivity index (χ0v) is 12.1. The highest BCUT2D eigenvalue weighted by Gasteiger charge is 2.26. The maximum Gasteiger partial charge on any atom is 0.259 e. The highest BCUT2D eigenvalue weighted by molar-refractivity contribution is 7.13.